The summed E-state index contributed by atoms with van der Waals surface area (Å²) in [6, 6.07) is 20.5. The van der Waals surface area contributed by atoms with Gasteiger partial charge >= 0.3 is 0 Å². The van der Waals surface area contributed by atoms with Crippen LogP contribution in [0.5, 0.6) is 0 Å². The third-order valence-electron chi connectivity index (χ3n) is 2.55. The first kappa shape index (κ1) is 14.4. The smallest absolute Gasteiger partial charge is 0.00367 e. The Kier molecular flexibility index (Phi) is 7.53. The zero-order chi connectivity index (χ0) is 13.1. The van der Waals surface area contributed by atoms with Gasteiger partial charge in [-0.25, -0.2) is 0 Å². The summed E-state index contributed by atoms with van der Waals surface area (Å²) in [5.41, 5.74) is 13.4. The minimum Gasteiger partial charge on any atom is -0.330 e. The fourth-order valence-corrected chi connectivity index (χ4v) is 1.62. The number of nitrogens with two attached hydrogens (primary N) is 2. The van der Waals surface area contributed by atoms with Gasteiger partial charge in [0.15, 0.2) is 0 Å². The molecule has 0 amide bonds. The van der Waals surface area contributed by atoms with Crippen LogP contribution in [-0.4, -0.2) is 13.1 Å². The molecule has 0 saturated heterocycles. The molecule has 0 spiro atoms. The second-order valence-electron chi connectivity index (χ2n) is 4.05. The maximum absolute atomic E-state index is 5.36. The molecule has 2 rings (SSSR count). The van der Waals surface area contributed by atoms with Crippen molar-refractivity contribution in [3.8, 4) is 0 Å². The van der Waals surface area contributed by atoms with Gasteiger partial charge in [-0.1, -0.05) is 60.7 Å². The third-order valence-corrected chi connectivity index (χ3v) is 2.55. The van der Waals surface area contributed by atoms with E-state index in [2.05, 4.69) is 24.3 Å². The van der Waals surface area contributed by atoms with Crippen LogP contribution in [0, 0.1) is 0 Å². The van der Waals surface area contributed by atoms with Crippen molar-refractivity contribution in [1.82, 2.24) is 0 Å². The molecule has 18 heavy (non-hydrogen) atoms. The van der Waals surface area contributed by atoms with E-state index in [1.807, 2.05) is 36.4 Å². The molecule has 0 radical (unpaired) electrons. The second kappa shape index (κ2) is 9.40. The molecule has 0 heterocycles. The lowest BCUT2D eigenvalue weighted by atomic mass is 10.2. The minimum absolute atomic E-state index is 0.740. The van der Waals surface area contributed by atoms with Crippen LogP contribution in [0.3, 0.4) is 0 Å². The first-order valence-electron chi connectivity index (χ1n) is 6.34. The Labute approximate surface area is 110 Å². The van der Waals surface area contributed by atoms with Crippen molar-refractivity contribution in [2.45, 2.75) is 12.8 Å². The highest BCUT2D eigenvalue weighted by molar-refractivity contribution is 5.15. The van der Waals surface area contributed by atoms with Crippen LogP contribution in [0.15, 0.2) is 60.7 Å². The summed E-state index contributed by atoms with van der Waals surface area (Å²) in [6.45, 7) is 1.48. The van der Waals surface area contributed by atoms with Gasteiger partial charge in [-0.2, -0.15) is 0 Å². The summed E-state index contributed by atoms with van der Waals surface area (Å²) in [7, 11) is 0. The summed E-state index contributed by atoms with van der Waals surface area (Å²) < 4.78 is 0. The Hall–Kier alpha value is -1.64. The average Bonchev–Trinajstić information content (AvgIpc) is 2.43. The molecule has 0 aliphatic carbocycles. The zero-order valence-electron chi connectivity index (χ0n) is 10.8. The lowest BCUT2D eigenvalue weighted by Gasteiger charge is -1.93. The monoisotopic (exact) mass is 242 g/mol. The Bertz CT molecular complexity index is 356. The first-order valence-corrected chi connectivity index (χ1v) is 6.34. The second-order valence-corrected chi connectivity index (χ2v) is 4.05. The Morgan fingerprint density at radius 1 is 0.556 bits per heavy atom. The average molecular weight is 242 g/mol. The van der Waals surface area contributed by atoms with Crippen LogP contribution in [0.4, 0.5) is 0 Å². The molecule has 0 aromatic heterocycles. The van der Waals surface area contributed by atoms with Gasteiger partial charge in [0.1, 0.15) is 0 Å². The summed E-state index contributed by atoms with van der Waals surface area (Å²) >= 11 is 0. The van der Waals surface area contributed by atoms with E-state index in [1.165, 1.54) is 11.1 Å². The molecule has 96 valence electrons. The number of rotatable bonds is 4. The van der Waals surface area contributed by atoms with Crippen molar-refractivity contribution in [3.05, 3.63) is 71.8 Å². The van der Waals surface area contributed by atoms with Crippen molar-refractivity contribution in [2.24, 2.45) is 11.5 Å². The standard InChI is InChI=1S/2C8H11N/c2*9-7-6-8-4-2-1-3-5-8/h2*1-5H,6-7,9H2. The summed E-state index contributed by atoms with van der Waals surface area (Å²) in [5, 5.41) is 0. The molecular formula is C16H22N2. The summed E-state index contributed by atoms with van der Waals surface area (Å²) in [6.07, 6.45) is 1.97. The quantitative estimate of drug-likeness (QED) is 0.865. The van der Waals surface area contributed by atoms with Crippen molar-refractivity contribution >= 4 is 0 Å². The molecule has 0 aliphatic rings. The molecule has 2 aromatic rings. The van der Waals surface area contributed by atoms with E-state index in [0.717, 1.165) is 25.9 Å². The molecule has 0 bridgehead atoms. The number of hydrogen-bond acceptors (Lipinski definition) is 2. The molecular weight excluding hydrogens is 220 g/mol. The Balaban J connectivity index is 0.000000180. The Morgan fingerprint density at radius 2 is 0.889 bits per heavy atom. The van der Waals surface area contributed by atoms with Gasteiger partial charge in [-0.3, -0.25) is 0 Å². The van der Waals surface area contributed by atoms with Gasteiger partial charge in [0.2, 0.25) is 0 Å². The van der Waals surface area contributed by atoms with E-state index in [9.17, 15) is 0 Å². The largest absolute Gasteiger partial charge is 0.330 e. The van der Waals surface area contributed by atoms with Gasteiger partial charge in [-0.05, 0) is 37.1 Å². The number of hydrogen-bond donors (Lipinski definition) is 2. The molecule has 2 nitrogen and oxygen atoms in total. The van der Waals surface area contributed by atoms with Gasteiger partial charge < -0.3 is 11.5 Å². The van der Waals surface area contributed by atoms with Gasteiger partial charge in [0.05, 0.1) is 0 Å². The maximum atomic E-state index is 5.36. The van der Waals surface area contributed by atoms with Gasteiger partial charge in [0.25, 0.3) is 0 Å². The number of benzene rings is 2. The van der Waals surface area contributed by atoms with Crippen molar-refractivity contribution in [2.75, 3.05) is 13.1 Å². The predicted octanol–water partition coefficient (Wildman–Crippen LogP) is 2.38. The molecule has 0 saturated carbocycles. The highest BCUT2D eigenvalue weighted by Gasteiger charge is 1.85. The molecule has 0 fully saturated rings. The molecule has 0 unspecified atom stereocenters. The van der Waals surface area contributed by atoms with Crippen LogP contribution >= 0.6 is 0 Å². The third kappa shape index (κ3) is 6.18. The van der Waals surface area contributed by atoms with Gasteiger partial charge in [0, 0.05) is 0 Å². The maximum Gasteiger partial charge on any atom is -0.00367 e. The summed E-state index contributed by atoms with van der Waals surface area (Å²) in [5.74, 6) is 0. The van der Waals surface area contributed by atoms with Crippen molar-refractivity contribution in [3.63, 3.8) is 0 Å². The summed E-state index contributed by atoms with van der Waals surface area (Å²) in [4.78, 5) is 0. The zero-order valence-corrected chi connectivity index (χ0v) is 10.8. The molecule has 0 atom stereocenters. The predicted molar refractivity (Wildman–Crippen MR) is 78.4 cm³/mol. The van der Waals surface area contributed by atoms with E-state index in [0.29, 0.717) is 0 Å². The molecule has 2 aromatic carbocycles. The minimum atomic E-state index is 0.740. The fourth-order valence-electron chi connectivity index (χ4n) is 1.62. The van der Waals surface area contributed by atoms with Crippen molar-refractivity contribution in [1.29, 1.82) is 0 Å². The fraction of sp³-hybridized carbons (Fsp3) is 0.250. The lowest BCUT2D eigenvalue weighted by molar-refractivity contribution is 0.969. The normalized spacial score (nSPS) is 9.44. The van der Waals surface area contributed by atoms with Crippen LogP contribution in [0.25, 0.3) is 0 Å². The molecule has 2 heteroatoms. The highest BCUT2D eigenvalue weighted by atomic mass is 14.5. The Morgan fingerprint density at radius 3 is 1.17 bits per heavy atom. The first-order chi connectivity index (χ1) is 8.86. The van der Waals surface area contributed by atoms with Crippen LogP contribution in [0.1, 0.15) is 11.1 Å². The highest BCUT2D eigenvalue weighted by Crippen LogP contribution is 1.97. The van der Waals surface area contributed by atoms with Gasteiger partial charge in [-0.15, -0.1) is 0 Å². The lowest BCUT2D eigenvalue weighted by Crippen LogP contribution is -2.01. The topological polar surface area (TPSA) is 52.0 Å². The van der Waals surface area contributed by atoms with Crippen LogP contribution in [-0.2, 0) is 12.8 Å². The molecule has 0 aliphatic heterocycles. The van der Waals surface area contributed by atoms with E-state index in [1.54, 1.807) is 0 Å². The van der Waals surface area contributed by atoms with Crippen LogP contribution < -0.4 is 11.5 Å². The SMILES string of the molecule is NCCc1ccccc1.NCCc1ccccc1. The van der Waals surface area contributed by atoms with Crippen LogP contribution in [0.2, 0.25) is 0 Å². The van der Waals surface area contributed by atoms with E-state index >= 15 is 0 Å². The van der Waals surface area contributed by atoms with E-state index in [-0.39, 0.29) is 0 Å². The van der Waals surface area contributed by atoms with Crippen molar-refractivity contribution < 1.29 is 0 Å². The van der Waals surface area contributed by atoms with E-state index in [4.69, 9.17) is 11.5 Å². The van der Waals surface area contributed by atoms with E-state index < -0.39 is 0 Å². The molecule has 4 N–H and O–H groups in total.